The SMILES string of the molecule is CC1(C)c2cc3cc(-c4ccc(-c5c6ccccc6cc6ccccc56)cc4)ccc3cc2-c2c1c1ccccc1c1ccccc21. The topological polar surface area (TPSA) is 0 Å². The second-order valence-electron chi connectivity index (χ2n) is 13.7. The molecule has 0 radical (unpaired) electrons. The fraction of sp³-hybridized carbons (Fsp3) is 0.0638. The summed E-state index contributed by atoms with van der Waals surface area (Å²) in [4.78, 5) is 0. The van der Waals surface area contributed by atoms with Crippen molar-refractivity contribution in [3.05, 3.63) is 169 Å². The minimum absolute atomic E-state index is 0.110. The van der Waals surface area contributed by atoms with Gasteiger partial charge < -0.3 is 0 Å². The van der Waals surface area contributed by atoms with Crippen LogP contribution in [0.25, 0.3) is 87.2 Å². The van der Waals surface area contributed by atoms with Gasteiger partial charge in [-0.2, -0.15) is 0 Å². The number of hydrogen-bond donors (Lipinski definition) is 0. The molecule has 0 aromatic heterocycles. The first-order valence-corrected chi connectivity index (χ1v) is 16.6. The van der Waals surface area contributed by atoms with Crippen LogP contribution in [-0.2, 0) is 5.41 Å². The van der Waals surface area contributed by atoms with Gasteiger partial charge in [-0.1, -0.05) is 147 Å². The quantitative estimate of drug-likeness (QED) is 0.138. The first-order valence-electron chi connectivity index (χ1n) is 16.6. The van der Waals surface area contributed by atoms with Crippen LogP contribution in [0.15, 0.2) is 158 Å². The Hall–Kier alpha value is -5.72. The molecule has 47 heavy (non-hydrogen) atoms. The molecule has 1 aliphatic rings. The predicted octanol–water partition coefficient (Wildman–Crippen LogP) is 13.1. The number of hydrogen-bond acceptors (Lipinski definition) is 0. The van der Waals surface area contributed by atoms with E-state index in [-0.39, 0.29) is 5.41 Å². The van der Waals surface area contributed by atoms with Crippen molar-refractivity contribution in [1.29, 1.82) is 0 Å². The van der Waals surface area contributed by atoms with Crippen LogP contribution in [0.5, 0.6) is 0 Å². The molecule has 0 saturated heterocycles. The molecular weight excluding hydrogens is 565 g/mol. The molecule has 0 amide bonds. The van der Waals surface area contributed by atoms with E-state index in [1.54, 1.807) is 0 Å². The maximum absolute atomic E-state index is 2.47. The third kappa shape index (κ3) is 3.76. The Morgan fingerprint density at radius 3 is 1.55 bits per heavy atom. The van der Waals surface area contributed by atoms with Gasteiger partial charge in [-0.15, -0.1) is 0 Å². The highest BCUT2D eigenvalue weighted by Crippen LogP contribution is 2.55. The van der Waals surface area contributed by atoms with E-state index >= 15 is 0 Å². The molecule has 1 aliphatic carbocycles. The molecule has 220 valence electrons. The molecule has 0 saturated carbocycles. The molecule has 0 nitrogen and oxygen atoms in total. The van der Waals surface area contributed by atoms with Gasteiger partial charge in [0.25, 0.3) is 0 Å². The van der Waals surface area contributed by atoms with Gasteiger partial charge in [0.05, 0.1) is 0 Å². The van der Waals surface area contributed by atoms with Crippen LogP contribution in [0.4, 0.5) is 0 Å². The van der Waals surface area contributed by atoms with Crippen molar-refractivity contribution in [2.75, 3.05) is 0 Å². The Bertz CT molecular complexity index is 2690. The maximum atomic E-state index is 2.47. The summed E-state index contributed by atoms with van der Waals surface area (Å²) in [5.41, 5.74) is 10.6. The van der Waals surface area contributed by atoms with Crippen LogP contribution in [0.1, 0.15) is 25.0 Å². The molecule has 0 atom stereocenters. The molecule has 0 aliphatic heterocycles. The molecule has 0 fully saturated rings. The molecule has 0 heterocycles. The fourth-order valence-corrected chi connectivity index (χ4v) is 8.56. The number of fused-ring (bicyclic) bond motifs is 11. The lowest BCUT2D eigenvalue weighted by Gasteiger charge is -2.24. The highest BCUT2D eigenvalue weighted by Gasteiger charge is 2.38. The minimum atomic E-state index is -0.110. The summed E-state index contributed by atoms with van der Waals surface area (Å²) < 4.78 is 0. The van der Waals surface area contributed by atoms with Crippen molar-refractivity contribution >= 4 is 53.9 Å². The summed E-state index contributed by atoms with van der Waals surface area (Å²) in [5, 5.41) is 13.1. The van der Waals surface area contributed by atoms with Crippen LogP contribution in [-0.4, -0.2) is 0 Å². The summed E-state index contributed by atoms with van der Waals surface area (Å²) in [6.45, 7) is 4.81. The summed E-state index contributed by atoms with van der Waals surface area (Å²) in [6, 6.07) is 58.8. The van der Waals surface area contributed by atoms with E-state index in [2.05, 4.69) is 172 Å². The van der Waals surface area contributed by atoms with E-state index in [1.807, 2.05) is 0 Å². The summed E-state index contributed by atoms with van der Waals surface area (Å²) in [7, 11) is 0. The van der Waals surface area contributed by atoms with E-state index < -0.39 is 0 Å². The number of benzene rings is 9. The third-order valence-corrected chi connectivity index (χ3v) is 10.8. The van der Waals surface area contributed by atoms with Crippen LogP contribution in [0.2, 0.25) is 0 Å². The summed E-state index contributed by atoms with van der Waals surface area (Å²) >= 11 is 0. The van der Waals surface area contributed by atoms with Crippen molar-refractivity contribution in [3.63, 3.8) is 0 Å². The van der Waals surface area contributed by atoms with Crippen molar-refractivity contribution in [2.45, 2.75) is 19.3 Å². The average molecular weight is 597 g/mol. The van der Waals surface area contributed by atoms with Gasteiger partial charge in [0.1, 0.15) is 0 Å². The first-order chi connectivity index (χ1) is 23.1. The summed E-state index contributed by atoms with van der Waals surface area (Å²) in [5.74, 6) is 0. The van der Waals surface area contributed by atoms with Gasteiger partial charge in [0.15, 0.2) is 0 Å². The maximum Gasteiger partial charge on any atom is 0.0165 e. The highest BCUT2D eigenvalue weighted by molar-refractivity contribution is 6.19. The second-order valence-corrected chi connectivity index (χ2v) is 13.7. The van der Waals surface area contributed by atoms with E-state index in [0.29, 0.717) is 0 Å². The van der Waals surface area contributed by atoms with Gasteiger partial charge in [-0.25, -0.2) is 0 Å². The van der Waals surface area contributed by atoms with Crippen LogP contribution >= 0.6 is 0 Å². The lowest BCUT2D eigenvalue weighted by molar-refractivity contribution is 0.667. The normalized spacial score (nSPS) is 13.5. The van der Waals surface area contributed by atoms with Crippen molar-refractivity contribution < 1.29 is 0 Å². The average Bonchev–Trinajstić information content (AvgIpc) is 3.35. The van der Waals surface area contributed by atoms with Crippen LogP contribution in [0.3, 0.4) is 0 Å². The van der Waals surface area contributed by atoms with Crippen LogP contribution in [0, 0.1) is 0 Å². The second kappa shape index (κ2) is 9.64. The smallest absolute Gasteiger partial charge is 0.0165 e. The Labute approximate surface area is 274 Å². The third-order valence-electron chi connectivity index (χ3n) is 10.8. The molecule has 0 heteroatoms. The Balaban J connectivity index is 1.11. The van der Waals surface area contributed by atoms with E-state index in [4.69, 9.17) is 0 Å². The van der Waals surface area contributed by atoms with E-state index in [1.165, 1.54) is 98.4 Å². The molecule has 9 aromatic carbocycles. The van der Waals surface area contributed by atoms with Crippen LogP contribution < -0.4 is 0 Å². The zero-order valence-electron chi connectivity index (χ0n) is 26.5. The number of rotatable bonds is 2. The van der Waals surface area contributed by atoms with Crippen molar-refractivity contribution in [3.8, 4) is 33.4 Å². The van der Waals surface area contributed by atoms with E-state index in [9.17, 15) is 0 Å². The molecule has 0 bridgehead atoms. The molecular formula is C47H32. The molecule has 10 rings (SSSR count). The Kier molecular flexibility index (Phi) is 5.44. The van der Waals surface area contributed by atoms with Gasteiger partial charge in [-0.3, -0.25) is 0 Å². The highest BCUT2D eigenvalue weighted by atomic mass is 14.4. The van der Waals surface area contributed by atoms with E-state index in [0.717, 1.165) is 0 Å². The molecule has 0 spiro atoms. The first kappa shape index (κ1) is 26.5. The standard InChI is InChI=1S/C47H32/c1-47(2)43-28-35-25-31(29-19-21-30(22-20-29)44-36-13-5-3-11-33(36)26-34-12-4-6-14-37(34)44)23-24-32(35)27-42(43)45-40-17-9-7-15-38(40)39-16-8-10-18-41(39)46(45)47/h3-28H,1-2H3. The predicted molar refractivity (Wildman–Crippen MR) is 202 cm³/mol. The Morgan fingerprint density at radius 2 is 0.872 bits per heavy atom. The van der Waals surface area contributed by atoms with Crippen molar-refractivity contribution in [1.82, 2.24) is 0 Å². The van der Waals surface area contributed by atoms with Gasteiger partial charge in [-0.05, 0) is 123 Å². The zero-order valence-corrected chi connectivity index (χ0v) is 26.5. The van der Waals surface area contributed by atoms with Gasteiger partial charge >= 0.3 is 0 Å². The molecule has 9 aromatic rings. The van der Waals surface area contributed by atoms with Gasteiger partial charge in [0, 0.05) is 5.41 Å². The minimum Gasteiger partial charge on any atom is -0.0616 e. The fourth-order valence-electron chi connectivity index (χ4n) is 8.56. The van der Waals surface area contributed by atoms with Crippen molar-refractivity contribution in [2.24, 2.45) is 0 Å². The molecule has 0 N–H and O–H groups in total. The van der Waals surface area contributed by atoms with Gasteiger partial charge in [0.2, 0.25) is 0 Å². The lowest BCUT2D eigenvalue weighted by atomic mass is 9.79. The summed E-state index contributed by atoms with van der Waals surface area (Å²) in [6.07, 6.45) is 0. The lowest BCUT2D eigenvalue weighted by Crippen LogP contribution is -2.15. The zero-order chi connectivity index (χ0) is 31.3. The largest absolute Gasteiger partial charge is 0.0616 e. The Morgan fingerprint density at radius 1 is 0.340 bits per heavy atom. The molecule has 0 unspecified atom stereocenters. The monoisotopic (exact) mass is 596 g/mol.